The SMILES string of the molecule is COc1ccc(C(=O)N2CC[C@]3(CCN(C(C)=O)C3)C2)cc1. The summed E-state index contributed by atoms with van der Waals surface area (Å²) in [6.45, 7) is 4.75. The lowest BCUT2D eigenvalue weighted by atomic mass is 9.86. The molecule has 2 saturated heterocycles. The molecule has 22 heavy (non-hydrogen) atoms. The molecule has 1 spiro atoms. The van der Waals surface area contributed by atoms with E-state index in [-0.39, 0.29) is 17.2 Å². The summed E-state index contributed by atoms with van der Waals surface area (Å²) >= 11 is 0. The van der Waals surface area contributed by atoms with Crippen molar-refractivity contribution in [3.8, 4) is 5.75 Å². The third-order valence-electron chi connectivity index (χ3n) is 4.95. The van der Waals surface area contributed by atoms with E-state index < -0.39 is 0 Å². The number of methoxy groups -OCH3 is 1. The number of amides is 2. The average molecular weight is 302 g/mol. The van der Waals surface area contributed by atoms with Gasteiger partial charge in [-0.15, -0.1) is 0 Å². The van der Waals surface area contributed by atoms with E-state index in [0.717, 1.165) is 44.8 Å². The normalized spacial score (nSPS) is 24.1. The maximum absolute atomic E-state index is 12.6. The highest BCUT2D eigenvalue weighted by Crippen LogP contribution is 2.39. The van der Waals surface area contributed by atoms with Crippen LogP contribution < -0.4 is 4.74 Å². The van der Waals surface area contributed by atoms with Gasteiger partial charge in [0.05, 0.1) is 7.11 Å². The van der Waals surface area contributed by atoms with Crippen LogP contribution in [-0.2, 0) is 4.79 Å². The number of nitrogens with zero attached hydrogens (tertiary/aromatic N) is 2. The molecule has 1 atom stereocenters. The fraction of sp³-hybridized carbons (Fsp3) is 0.529. The van der Waals surface area contributed by atoms with Crippen LogP contribution in [0.4, 0.5) is 0 Å². The Kier molecular flexibility index (Phi) is 3.81. The van der Waals surface area contributed by atoms with Gasteiger partial charge in [-0.1, -0.05) is 0 Å². The summed E-state index contributed by atoms with van der Waals surface area (Å²) in [7, 11) is 1.61. The molecular weight excluding hydrogens is 280 g/mol. The van der Waals surface area contributed by atoms with Crippen molar-refractivity contribution in [3.63, 3.8) is 0 Å². The Morgan fingerprint density at radius 3 is 2.18 bits per heavy atom. The van der Waals surface area contributed by atoms with Gasteiger partial charge in [-0.2, -0.15) is 0 Å². The van der Waals surface area contributed by atoms with Crippen molar-refractivity contribution in [2.75, 3.05) is 33.3 Å². The molecule has 2 fully saturated rings. The first-order valence-corrected chi connectivity index (χ1v) is 7.72. The number of hydrogen-bond donors (Lipinski definition) is 0. The zero-order valence-corrected chi connectivity index (χ0v) is 13.2. The fourth-order valence-electron chi connectivity index (χ4n) is 3.56. The maximum Gasteiger partial charge on any atom is 0.253 e. The molecule has 1 aromatic carbocycles. The van der Waals surface area contributed by atoms with Crippen molar-refractivity contribution in [2.24, 2.45) is 5.41 Å². The lowest BCUT2D eigenvalue weighted by molar-refractivity contribution is -0.128. The first kappa shape index (κ1) is 14.9. The third-order valence-corrected chi connectivity index (χ3v) is 4.95. The van der Waals surface area contributed by atoms with Gasteiger partial charge in [0.25, 0.3) is 5.91 Å². The van der Waals surface area contributed by atoms with Crippen molar-refractivity contribution in [1.82, 2.24) is 9.80 Å². The molecule has 0 N–H and O–H groups in total. The molecular formula is C17H22N2O3. The van der Waals surface area contributed by atoms with Crippen LogP contribution in [0.25, 0.3) is 0 Å². The lowest BCUT2D eigenvalue weighted by Gasteiger charge is -2.24. The van der Waals surface area contributed by atoms with Crippen molar-refractivity contribution < 1.29 is 14.3 Å². The van der Waals surface area contributed by atoms with Crippen LogP contribution in [0, 0.1) is 5.41 Å². The summed E-state index contributed by atoms with van der Waals surface area (Å²) in [4.78, 5) is 27.9. The second-order valence-corrected chi connectivity index (χ2v) is 6.40. The monoisotopic (exact) mass is 302 g/mol. The molecule has 2 amide bonds. The summed E-state index contributed by atoms with van der Waals surface area (Å²) in [6, 6.07) is 7.24. The first-order valence-electron chi connectivity index (χ1n) is 7.72. The summed E-state index contributed by atoms with van der Waals surface area (Å²) in [5.74, 6) is 0.958. The zero-order valence-electron chi connectivity index (χ0n) is 13.2. The van der Waals surface area contributed by atoms with Crippen LogP contribution in [0.1, 0.15) is 30.1 Å². The molecule has 0 unspecified atom stereocenters. The topological polar surface area (TPSA) is 49.9 Å². The van der Waals surface area contributed by atoms with Gasteiger partial charge >= 0.3 is 0 Å². The smallest absolute Gasteiger partial charge is 0.253 e. The Balaban J connectivity index is 1.67. The van der Waals surface area contributed by atoms with Gasteiger partial charge in [-0.3, -0.25) is 9.59 Å². The van der Waals surface area contributed by atoms with Gasteiger partial charge in [0.1, 0.15) is 5.75 Å². The highest BCUT2D eigenvalue weighted by atomic mass is 16.5. The number of rotatable bonds is 2. The number of hydrogen-bond acceptors (Lipinski definition) is 3. The molecule has 1 aromatic rings. The summed E-state index contributed by atoms with van der Waals surface area (Å²) in [5, 5.41) is 0. The highest BCUT2D eigenvalue weighted by Gasteiger charge is 2.45. The molecule has 2 aliphatic rings. The van der Waals surface area contributed by atoms with E-state index in [1.54, 1.807) is 14.0 Å². The minimum absolute atomic E-state index is 0.0702. The van der Waals surface area contributed by atoms with Gasteiger partial charge in [0.15, 0.2) is 0 Å². The maximum atomic E-state index is 12.6. The quantitative estimate of drug-likeness (QED) is 0.837. The third kappa shape index (κ3) is 2.67. The minimum Gasteiger partial charge on any atom is -0.497 e. The molecule has 0 aliphatic carbocycles. The second kappa shape index (κ2) is 5.63. The van der Waals surface area contributed by atoms with E-state index in [2.05, 4.69) is 0 Å². The molecule has 3 rings (SSSR count). The number of carbonyl (C=O) groups is 2. The Morgan fingerprint density at radius 1 is 1.05 bits per heavy atom. The molecule has 2 heterocycles. The first-order chi connectivity index (χ1) is 10.5. The largest absolute Gasteiger partial charge is 0.497 e. The average Bonchev–Trinajstić information content (AvgIpc) is 3.14. The van der Waals surface area contributed by atoms with Crippen molar-refractivity contribution in [2.45, 2.75) is 19.8 Å². The Labute approximate surface area is 130 Å². The molecule has 5 nitrogen and oxygen atoms in total. The summed E-state index contributed by atoms with van der Waals surface area (Å²) in [5.41, 5.74) is 0.799. The van der Waals surface area contributed by atoms with Crippen LogP contribution in [-0.4, -0.2) is 54.9 Å². The molecule has 0 aromatic heterocycles. The van der Waals surface area contributed by atoms with Crippen LogP contribution >= 0.6 is 0 Å². The number of carbonyl (C=O) groups excluding carboxylic acids is 2. The molecule has 0 saturated carbocycles. The van der Waals surface area contributed by atoms with E-state index in [4.69, 9.17) is 4.74 Å². The van der Waals surface area contributed by atoms with E-state index in [9.17, 15) is 9.59 Å². The Bertz CT molecular complexity index is 584. The molecule has 0 radical (unpaired) electrons. The highest BCUT2D eigenvalue weighted by molar-refractivity contribution is 5.94. The van der Waals surface area contributed by atoms with Crippen LogP contribution in [0.15, 0.2) is 24.3 Å². The minimum atomic E-state index is 0.0702. The zero-order chi connectivity index (χ0) is 15.7. The van der Waals surface area contributed by atoms with Crippen molar-refractivity contribution in [3.05, 3.63) is 29.8 Å². The van der Waals surface area contributed by atoms with E-state index >= 15 is 0 Å². The molecule has 118 valence electrons. The van der Waals surface area contributed by atoms with Crippen molar-refractivity contribution >= 4 is 11.8 Å². The summed E-state index contributed by atoms with van der Waals surface area (Å²) in [6.07, 6.45) is 1.98. The standard InChI is InChI=1S/C17H22N2O3/c1-13(20)18-9-7-17(11-18)8-10-19(12-17)16(21)14-3-5-15(22-2)6-4-14/h3-6H,7-12H2,1-2H3/t17-/m0/s1. The predicted octanol–water partition coefficient (Wildman–Crippen LogP) is 1.78. The van der Waals surface area contributed by atoms with Gasteiger partial charge in [-0.25, -0.2) is 0 Å². The fourth-order valence-corrected chi connectivity index (χ4v) is 3.56. The Hall–Kier alpha value is -2.04. The van der Waals surface area contributed by atoms with E-state index in [1.165, 1.54) is 0 Å². The van der Waals surface area contributed by atoms with Gasteiger partial charge in [0.2, 0.25) is 5.91 Å². The predicted molar refractivity (Wildman–Crippen MR) is 82.8 cm³/mol. The molecule has 2 aliphatic heterocycles. The molecule has 0 bridgehead atoms. The van der Waals surface area contributed by atoms with Crippen LogP contribution in [0.5, 0.6) is 5.75 Å². The summed E-state index contributed by atoms with van der Waals surface area (Å²) < 4.78 is 5.12. The second-order valence-electron chi connectivity index (χ2n) is 6.40. The Morgan fingerprint density at radius 2 is 1.64 bits per heavy atom. The van der Waals surface area contributed by atoms with Gasteiger partial charge < -0.3 is 14.5 Å². The molecule has 5 heteroatoms. The van der Waals surface area contributed by atoms with Crippen LogP contribution in [0.3, 0.4) is 0 Å². The lowest BCUT2D eigenvalue weighted by Crippen LogP contribution is -2.35. The number of likely N-dealkylation sites (tertiary alicyclic amines) is 2. The van der Waals surface area contributed by atoms with Crippen molar-refractivity contribution in [1.29, 1.82) is 0 Å². The van der Waals surface area contributed by atoms with Gasteiger partial charge in [-0.05, 0) is 37.1 Å². The van der Waals surface area contributed by atoms with E-state index in [0.29, 0.717) is 5.56 Å². The number of ether oxygens (including phenoxy) is 1. The number of benzene rings is 1. The van der Waals surface area contributed by atoms with Gasteiger partial charge in [0, 0.05) is 44.1 Å². The van der Waals surface area contributed by atoms with E-state index in [1.807, 2.05) is 34.1 Å². The van der Waals surface area contributed by atoms with Crippen LogP contribution in [0.2, 0.25) is 0 Å².